The standard InChI is InChI=1S/C27H24N6O2/c1-18-7-9-21(10-8-18)31-24-16-30-26(19-5-3-2-4-6-19)33(27(24)35)17-25(34)29-15-22-13-20-14-28-12-11-23(20)32-22/h2-14,16,31-32H,15,17H2,1H3,(H,29,34). The number of carbonyl (C=O) groups is 1. The maximum Gasteiger partial charge on any atom is 0.277 e. The van der Waals surface area contributed by atoms with Gasteiger partial charge in [0.25, 0.3) is 5.56 Å². The van der Waals surface area contributed by atoms with Gasteiger partial charge in [0.2, 0.25) is 5.91 Å². The number of aromatic amines is 1. The number of nitrogens with zero attached hydrogens (tertiary/aromatic N) is 3. The van der Waals surface area contributed by atoms with E-state index in [9.17, 15) is 9.59 Å². The topological polar surface area (TPSA) is 105 Å². The van der Waals surface area contributed by atoms with E-state index in [1.54, 1.807) is 12.4 Å². The van der Waals surface area contributed by atoms with E-state index in [1.807, 2.05) is 73.7 Å². The first-order valence-electron chi connectivity index (χ1n) is 11.2. The second-order valence-electron chi connectivity index (χ2n) is 8.28. The Hall–Kier alpha value is -4.72. The van der Waals surface area contributed by atoms with Crippen LogP contribution < -0.4 is 16.2 Å². The van der Waals surface area contributed by atoms with Gasteiger partial charge in [-0.05, 0) is 31.2 Å². The average Bonchev–Trinajstić information content (AvgIpc) is 3.30. The number of H-pyrrole nitrogens is 1. The fourth-order valence-electron chi connectivity index (χ4n) is 3.86. The third-order valence-electron chi connectivity index (χ3n) is 5.66. The number of amides is 1. The molecule has 0 unspecified atom stereocenters. The zero-order chi connectivity index (χ0) is 24.2. The van der Waals surface area contributed by atoms with Crippen LogP contribution in [-0.4, -0.2) is 25.4 Å². The number of nitrogens with one attached hydrogen (secondary N) is 3. The van der Waals surface area contributed by atoms with Gasteiger partial charge in [0.1, 0.15) is 18.1 Å². The molecule has 2 aromatic carbocycles. The average molecular weight is 465 g/mol. The summed E-state index contributed by atoms with van der Waals surface area (Å²) in [5, 5.41) is 6.99. The van der Waals surface area contributed by atoms with Gasteiger partial charge in [0, 0.05) is 40.2 Å². The quantitative estimate of drug-likeness (QED) is 0.336. The van der Waals surface area contributed by atoms with Gasteiger partial charge in [-0.2, -0.15) is 0 Å². The number of hydrogen-bond donors (Lipinski definition) is 3. The van der Waals surface area contributed by atoms with E-state index in [0.29, 0.717) is 18.1 Å². The molecule has 0 fully saturated rings. The summed E-state index contributed by atoms with van der Waals surface area (Å²) in [4.78, 5) is 38.2. The molecule has 1 amide bonds. The maximum absolute atomic E-state index is 13.4. The number of aromatic nitrogens is 4. The number of benzene rings is 2. The van der Waals surface area contributed by atoms with Crippen LogP contribution in [0.3, 0.4) is 0 Å². The Kier molecular flexibility index (Phi) is 6.09. The number of carbonyl (C=O) groups excluding carboxylic acids is 1. The van der Waals surface area contributed by atoms with Crippen LogP contribution in [-0.2, 0) is 17.9 Å². The molecule has 5 rings (SSSR count). The van der Waals surface area contributed by atoms with Crippen molar-refractivity contribution in [3.63, 3.8) is 0 Å². The molecular formula is C27H24N6O2. The molecule has 3 N–H and O–H groups in total. The lowest BCUT2D eigenvalue weighted by Gasteiger charge is -2.15. The lowest BCUT2D eigenvalue weighted by atomic mass is 10.2. The van der Waals surface area contributed by atoms with Crippen molar-refractivity contribution >= 4 is 28.2 Å². The Morgan fingerprint density at radius 3 is 2.60 bits per heavy atom. The minimum atomic E-state index is -0.328. The number of hydrogen-bond acceptors (Lipinski definition) is 5. The molecule has 0 aliphatic carbocycles. The van der Waals surface area contributed by atoms with Crippen molar-refractivity contribution in [1.29, 1.82) is 0 Å². The summed E-state index contributed by atoms with van der Waals surface area (Å²) >= 11 is 0. The van der Waals surface area contributed by atoms with Crippen LogP contribution in [0.2, 0.25) is 0 Å². The second kappa shape index (κ2) is 9.64. The van der Waals surface area contributed by atoms with Crippen LogP contribution in [0.5, 0.6) is 0 Å². The summed E-state index contributed by atoms with van der Waals surface area (Å²) in [5.41, 5.74) is 4.41. The van der Waals surface area contributed by atoms with E-state index < -0.39 is 0 Å². The molecule has 8 nitrogen and oxygen atoms in total. The summed E-state index contributed by atoms with van der Waals surface area (Å²) in [6.07, 6.45) is 4.99. The predicted molar refractivity (Wildman–Crippen MR) is 136 cm³/mol. The molecule has 5 aromatic rings. The van der Waals surface area contributed by atoms with Crippen molar-refractivity contribution in [2.45, 2.75) is 20.0 Å². The highest BCUT2D eigenvalue weighted by Gasteiger charge is 2.15. The highest BCUT2D eigenvalue weighted by molar-refractivity contribution is 5.80. The lowest BCUT2D eigenvalue weighted by Crippen LogP contribution is -2.34. The zero-order valence-electron chi connectivity index (χ0n) is 19.2. The summed E-state index contributed by atoms with van der Waals surface area (Å²) in [5.74, 6) is 0.132. The van der Waals surface area contributed by atoms with E-state index in [-0.39, 0.29) is 18.0 Å². The van der Waals surface area contributed by atoms with Crippen LogP contribution in [0.25, 0.3) is 22.3 Å². The third-order valence-corrected chi connectivity index (χ3v) is 5.66. The Balaban J connectivity index is 1.41. The highest BCUT2D eigenvalue weighted by Crippen LogP contribution is 2.19. The van der Waals surface area contributed by atoms with Crippen LogP contribution >= 0.6 is 0 Å². The molecule has 0 aliphatic rings. The van der Waals surface area contributed by atoms with Crippen LogP contribution in [0.15, 0.2) is 90.1 Å². The van der Waals surface area contributed by atoms with Crippen molar-refractivity contribution in [2.24, 2.45) is 0 Å². The molecule has 0 radical (unpaired) electrons. The van der Waals surface area contributed by atoms with Crippen LogP contribution in [0.1, 0.15) is 11.3 Å². The van der Waals surface area contributed by atoms with Crippen molar-refractivity contribution < 1.29 is 4.79 Å². The van der Waals surface area contributed by atoms with Gasteiger partial charge < -0.3 is 15.6 Å². The van der Waals surface area contributed by atoms with Crippen LogP contribution in [0, 0.1) is 6.92 Å². The molecule has 0 spiro atoms. The Morgan fingerprint density at radius 2 is 1.83 bits per heavy atom. The van der Waals surface area contributed by atoms with Crippen LogP contribution in [0.4, 0.5) is 11.4 Å². The first kappa shape index (κ1) is 22.1. The Bertz CT molecular complexity index is 1510. The van der Waals surface area contributed by atoms with Gasteiger partial charge in [-0.3, -0.25) is 19.1 Å². The minimum absolute atomic E-state index is 0.165. The van der Waals surface area contributed by atoms with Gasteiger partial charge in [0.15, 0.2) is 0 Å². The van der Waals surface area contributed by atoms with E-state index in [0.717, 1.165) is 33.4 Å². The molecule has 0 saturated carbocycles. The van der Waals surface area contributed by atoms with E-state index in [4.69, 9.17) is 0 Å². The Labute approximate surface area is 201 Å². The van der Waals surface area contributed by atoms with Gasteiger partial charge in [0.05, 0.1) is 12.7 Å². The fourth-order valence-corrected chi connectivity index (χ4v) is 3.86. The first-order valence-corrected chi connectivity index (χ1v) is 11.2. The van der Waals surface area contributed by atoms with Crippen molar-refractivity contribution in [3.05, 3.63) is 107 Å². The molecule has 0 bridgehead atoms. The molecule has 3 aromatic heterocycles. The van der Waals surface area contributed by atoms with Crippen molar-refractivity contribution in [1.82, 2.24) is 24.8 Å². The second-order valence-corrected chi connectivity index (χ2v) is 8.28. The van der Waals surface area contributed by atoms with E-state index in [1.165, 1.54) is 10.8 Å². The number of rotatable bonds is 7. The van der Waals surface area contributed by atoms with E-state index in [2.05, 4.69) is 25.6 Å². The molecule has 3 heterocycles. The molecular weight excluding hydrogens is 440 g/mol. The molecule has 0 aliphatic heterocycles. The van der Waals surface area contributed by atoms with Gasteiger partial charge in [-0.25, -0.2) is 4.98 Å². The van der Waals surface area contributed by atoms with Gasteiger partial charge >= 0.3 is 0 Å². The predicted octanol–water partition coefficient (Wildman–Crippen LogP) is 4.16. The summed E-state index contributed by atoms with van der Waals surface area (Å²) in [6.45, 7) is 2.14. The molecule has 174 valence electrons. The molecule has 8 heteroatoms. The third kappa shape index (κ3) is 4.96. The first-order chi connectivity index (χ1) is 17.1. The zero-order valence-corrected chi connectivity index (χ0v) is 19.2. The largest absolute Gasteiger partial charge is 0.357 e. The van der Waals surface area contributed by atoms with Gasteiger partial charge in [-0.15, -0.1) is 0 Å². The molecule has 35 heavy (non-hydrogen) atoms. The summed E-state index contributed by atoms with van der Waals surface area (Å²) in [7, 11) is 0. The number of pyridine rings is 1. The van der Waals surface area contributed by atoms with Crippen molar-refractivity contribution in [3.8, 4) is 11.4 Å². The van der Waals surface area contributed by atoms with Gasteiger partial charge in [-0.1, -0.05) is 48.0 Å². The summed E-state index contributed by atoms with van der Waals surface area (Å²) in [6, 6.07) is 20.9. The number of anilines is 2. The normalized spacial score (nSPS) is 10.9. The fraction of sp³-hybridized carbons (Fsp3) is 0.111. The summed E-state index contributed by atoms with van der Waals surface area (Å²) < 4.78 is 1.40. The number of fused-ring (bicyclic) bond motifs is 1. The molecule has 0 atom stereocenters. The lowest BCUT2D eigenvalue weighted by molar-refractivity contribution is -0.121. The Morgan fingerprint density at radius 1 is 1.03 bits per heavy atom. The smallest absolute Gasteiger partial charge is 0.277 e. The SMILES string of the molecule is Cc1ccc(Nc2cnc(-c3ccccc3)n(CC(=O)NCc3cc4cnccc4[nH]3)c2=O)cc1. The van der Waals surface area contributed by atoms with Crippen molar-refractivity contribution in [2.75, 3.05) is 5.32 Å². The van der Waals surface area contributed by atoms with E-state index >= 15 is 0 Å². The number of aryl methyl sites for hydroxylation is 1. The minimum Gasteiger partial charge on any atom is -0.357 e. The highest BCUT2D eigenvalue weighted by atomic mass is 16.2. The monoisotopic (exact) mass is 464 g/mol. The maximum atomic E-state index is 13.4. The molecule has 0 saturated heterocycles.